The van der Waals surface area contributed by atoms with Gasteiger partial charge in [0.1, 0.15) is 5.82 Å². The number of carbonyl (C=O) groups is 1. The van der Waals surface area contributed by atoms with E-state index in [-0.39, 0.29) is 30.9 Å². The van der Waals surface area contributed by atoms with Crippen molar-refractivity contribution in [1.82, 2.24) is 15.2 Å². The van der Waals surface area contributed by atoms with Crippen molar-refractivity contribution in [2.45, 2.75) is 13.0 Å². The summed E-state index contributed by atoms with van der Waals surface area (Å²) in [7, 11) is 3.11. The number of anilines is 1. The molecule has 33 heavy (non-hydrogen) atoms. The average molecular weight is 493 g/mol. The van der Waals surface area contributed by atoms with Crippen molar-refractivity contribution in [1.29, 1.82) is 0 Å². The van der Waals surface area contributed by atoms with Crippen molar-refractivity contribution < 1.29 is 14.3 Å². The number of fused-ring (bicyclic) bond motifs is 1. The molecule has 1 saturated heterocycles. The summed E-state index contributed by atoms with van der Waals surface area (Å²) < 4.78 is 10.7. The molecule has 0 bridgehead atoms. The molecular weight excluding hydrogens is 463 g/mol. The van der Waals surface area contributed by atoms with Gasteiger partial charge in [-0.3, -0.25) is 4.90 Å². The minimum Gasteiger partial charge on any atom is -0.493 e. The van der Waals surface area contributed by atoms with Gasteiger partial charge in [-0.25, -0.2) is 9.78 Å². The number of nitrogens with zero attached hydrogens (tertiary/aromatic N) is 3. The number of hydrogen-bond donors (Lipinski definition) is 1. The molecule has 1 amide bonds. The maximum absolute atomic E-state index is 11.5. The Morgan fingerprint density at radius 1 is 1.00 bits per heavy atom. The lowest BCUT2D eigenvalue weighted by molar-refractivity contribution is 0.196. The molecule has 2 aromatic carbocycles. The number of carbonyl (C=O) groups excluding carboxylic acids is 1. The number of methoxy groups -OCH3 is 1. The van der Waals surface area contributed by atoms with Crippen LogP contribution in [0.5, 0.6) is 11.5 Å². The Kier molecular flexibility index (Phi) is 9.58. The number of para-hydroxylation sites is 1. The summed E-state index contributed by atoms with van der Waals surface area (Å²) in [5.41, 5.74) is 2.15. The highest BCUT2D eigenvalue weighted by molar-refractivity contribution is 5.85. The summed E-state index contributed by atoms with van der Waals surface area (Å²) in [4.78, 5) is 21.2. The van der Waals surface area contributed by atoms with Crippen LogP contribution in [-0.2, 0) is 0 Å². The van der Waals surface area contributed by atoms with E-state index >= 15 is 0 Å². The SMILES string of the molecule is CNC(=O)Oc1ccc(C(C)N2CCN(c3ccc4ccccc4n3)CC2)cc1OC.Cl.Cl. The maximum Gasteiger partial charge on any atom is 0.412 e. The summed E-state index contributed by atoms with van der Waals surface area (Å²) >= 11 is 0. The fraction of sp³-hybridized carbons (Fsp3) is 0.333. The van der Waals surface area contributed by atoms with Crippen molar-refractivity contribution >= 4 is 47.6 Å². The van der Waals surface area contributed by atoms with Gasteiger partial charge in [-0.15, -0.1) is 24.8 Å². The molecule has 1 aliphatic rings. The molecule has 1 aliphatic heterocycles. The lowest BCUT2D eigenvalue weighted by Crippen LogP contribution is -2.47. The van der Waals surface area contributed by atoms with Crippen molar-refractivity contribution in [2.75, 3.05) is 45.2 Å². The van der Waals surface area contributed by atoms with Gasteiger partial charge in [0.25, 0.3) is 0 Å². The van der Waals surface area contributed by atoms with E-state index in [1.54, 1.807) is 13.2 Å². The van der Waals surface area contributed by atoms with E-state index in [2.05, 4.69) is 46.3 Å². The van der Waals surface area contributed by atoms with Gasteiger partial charge in [0.15, 0.2) is 11.5 Å². The lowest BCUT2D eigenvalue weighted by Gasteiger charge is -2.38. The summed E-state index contributed by atoms with van der Waals surface area (Å²) in [6.45, 7) is 5.91. The van der Waals surface area contributed by atoms with Crippen LogP contribution in [0.25, 0.3) is 10.9 Å². The van der Waals surface area contributed by atoms with Gasteiger partial charge >= 0.3 is 6.09 Å². The molecule has 4 rings (SSSR count). The summed E-state index contributed by atoms with van der Waals surface area (Å²) in [5, 5.41) is 3.61. The summed E-state index contributed by atoms with van der Waals surface area (Å²) in [5.74, 6) is 1.99. The molecular formula is C24H30Cl2N4O3. The van der Waals surface area contributed by atoms with E-state index in [4.69, 9.17) is 14.5 Å². The van der Waals surface area contributed by atoms with Crippen molar-refractivity contribution in [3.63, 3.8) is 0 Å². The van der Waals surface area contributed by atoms with Crippen LogP contribution in [0.3, 0.4) is 0 Å². The fourth-order valence-electron chi connectivity index (χ4n) is 3.96. The summed E-state index contributed by atoms with van der Waals surface area (Å²) in [6, 6.07) is 18.4. The van der Waals surface area contributed by atoms with Gasteiger partial charge in [0, 0.05) is 44.7 Å². The molecule has 0 spiro atoms. The number of benzene rings is 2. The van der Waals surface area contributed by atoms with Crippen LogP contribution in [-0.4, -0.2) is 56.3 Å². The standard InChI is InChI=1S/C24H28N4O3.2ClH/c1-17(19-8-10-21(22(16-19)30-3)31-24(29)25-2)27-12-14-28(15-13-27)23-11-9-18-6-4-5-7-20(18)26-23;;/h4-11,16-17H,12-15H2,1-3H3,(H,25,29);2*1H. The second-order valence-corrected chi connectivity index (χ2v) is 7.61. The Labute approximate surface area is 206 Å². The van der Waals surface area contributed by atoms with Crippen molar-refractivity contribution in [3.8, 4) is 11.5 Å². The molecule has 9 heteroatoms. The van der Waals surface area contributed by atoms with Gasteiger partial charge in [0.2, 0.25) is 0 Å². The van der Waals surface area contributed by atoms with Gasteiger partial charge in [-0.2, -0.15) is 0 Å². The Bertz CT molecular complexity index is 1070. The monoisotopic (exact) mass is 492 g/mol. The number of halogens is 2. The number of piperazine rings is 1. The molecule has 0 saturated carbocycles. The summed E-state index contributed by atoms with van der Waals surface area (Å²) in [6.07, 6.45) is -0.516. The zero-order chi connectivity index (χ0) is 21.8. The van der Waals surface area contributed by atoms with E-state index in [0.717, 1.165) is 48.5 Å². The molecule has 0 aliphatic carbocycles. The number of rotatable bonds is 5. The Balaban J connectivity index is 0.00000193. The Morgan fingerprint density at radius 2 is 1.73 bits per heavy atom. The second-order valence-electron chi connectivity index (χ2n) is 7.61. The normalized spacial score (nSPS) is 14.6. The van der Waals surface area contributed by atoms with Gasteiger partial charge in [0.05, 0.1) is 12.6 Å². The van der Waals surface area contributed by atoms with Crippen LogP contribution < -0.4 is 19.7 Å². The third-order valence-electron chi connectivity index (χ3n) is 5.85. The zero-order valence-electron chi connectivity index (χ0n) is 19.0. The molecule has 1 N–H and O–H groups in total. The topological polar surface area (TPSA) is 66.9 Å². The van der Waals surface area contributed by atoms with E-state index in [0.29, 0.717) is 11.5 Å². The molecule has 1 atom stereocenters. The Morgan fingerprint density at radius 3 is 2.42 bits per heavy atom. The number of pyridine rings is 1. The largest absolute Gasteiger partial charge is 0.493 e. The molecule has 1 fully saturated rings. The first kappa shape index (κ1) is 26.5. The van der Waals surface area contributed by atoms with Crippen LogP contribution in [0, 0.1) is 0 Å². The van der Waals surface area contributed by atoms with E-state index < -0.39 is 6.09 Å². The maximum atomic E-state index is 11.5. The smallest absolute Gasteiger partial charge is 0.412 e. The van der Waals surface area contributed by atoms with Crippen LogP contribution in [0.1, 0.15) is 18.5 Å². The number of aromatic nitrogens is 1. The fourth-order valence-corrected chi connectivity index (χ4v) is 3.96. The first-order valence-corrected chi connectivity index (χ1v) is 10.5. The second kappa shape index (κ2) is 11.9. The van der Waals surface area contributed by atoms with Gasteiger partial charge < -0.3 is 19.7 Å². The van der Waals surface area contributed by atoms with Crippen molar-refractivity contribution in [3.05, 3.63) is 60.2 Å². The first-order chi connectivity index (χ1) is 15.1. The molecule has 7 nitrogen and oxygen atoms in total. The predicted octanol–water partition coefficient (Wildman–Crippen LogP) is 4.69. The molecule has 3 aromatic rings. The Hall–Kier alpha value is -2.74. The predicted molar refractivity (Wildman–Crippen MR) is 137 cm³/mol. The minimum absolute atomic E-state index is 0. The van der Waals surface area contributed by atoms with Crippen LogP contribution in [0.4, 0.5) is 10.6 Å². The third-order valence-corrected chi connectivity index (χ3v) is 5.85. The molecule has 178 valence electrons. The average Bonchev–Trinajstić information content (AvgIpc) is 2.83. The molecule has 1 unspecified atom stereocenters. The van der Waals surface area contributed by atoms with Crippen molar-refractivity contribution in [2.24, 2.45) is 0 Å². The molecule has 0 radical (unpaired) electrons. The highest BCUT2D eigenvalue weighted by atomic mass is 35.5. The number of ether oxygens (including phenoxy) is 2. The lowest BCUT2D eigenvalue weighted by atomic mass is 10.1. The number of nitrogens with one attached hydrogen (secondary N) is 1. The van der Waals surface area contributed by atoms with E-state index in [1.165, 1.54) is 7.05 Å². The first-order valence-electron chi connectivity index (χ1n) is 10.5. The van der Waals surface area contributed by atoms with E-state index in [1.807, 2.05) is 24.3 Å². The van der Waals surface area contributed by atoms with Gasteiger partial charge in [-0.05, 0) is 42.8 Å². The highest BCUT2D eigenvalue weighted by Gasteiger charge is 2.24. The molecule has 1 aromatic heterocycles. The highest BCUT2D eigenvalue weighted by Crippen LogP contribution is 2.33. The van der Waals surface area contributed by atoms with Crippen LogP contribution in [0.2, 0.25) is 0 Å². The minimum atomic E-state index is -0.516. The third kappa shape index (κ3) is 5.99. The van der Waals surface area contributed by atoms with Gasteiger partial charge in [-0.1, -0.05) is 24.3 Å². The quantitative estimate of drug-likeness (QED) is 0.557. The van der Waals surface area contributed by atoms with Crippen LogP contribution in [0.15, 0.2) is 54.6 Å². The zero-order valence-corrected chi connectivity index (χ0v) is 20.6. The number of hydrogen-bond acceptors (Lipinski definition) is 6. The van der Waals surface area contributed by atoms with E-state index in [9.17, 15) is 4.79 Å². The number of amides is 1. The van der Waals surface area contributed by atoms with Crippen LogP contribution >= 0.6 is 24.8 Å². The molecule has 2 heterocycles.